The third kappa shape index (κ3) is 3.75. The molecule has 0 unspecified atom stereocenters. The lowest BCUT2D eigenvalue weighted by Crippen LogP contribution is -3.13. The number of nitrogens with one attached hydrogen (secondary N) is 1. The molecule has 1 saturated heterocycles. The van der Waals surface area contributed by atoms with Crippen LogP contribution >= 0.6 is 0 Å². The van der Waals surface area contributed by atoms with Crippen LogP contribution in [-0.4, -0.2) is 44.1 Å². The molecule has 3 aromatic rings. The van der Waals surface area contributed by atoms with Crippen molar-refractivity contribution in [3.05, 3.63) is 71.5 Å². The van der Waals surface area contributed by atoms with Gasteiger partial charge < -0.3 is 19.0 Å². The summed E-state index contributed by atoms with van der Waals surface area (Å²) >= 11 is 0. The molecule has 1 aliphatic heterocycles. The number of ether oxygens (including phenoxy) is 1. The van der Waals surface area contributed by atoms with Gasteiger partial charge in [0.2, 0.25) is 0 Å². The fourth-order valence-electron chi connectivity index (χ4n) is 3.79. The summed E-state index contributed by atoms with van der Waals surface area (Å²) < 4.78 is 11.2. The smallest absolute Gasteiger partial charge is 0.290 e. The molecule has 1 aromatic heterocycles. The van der Waals surface area contributed by atoms with Crippen LogP contribution in [0, 0.1) is 0 Å². The quantitative estimate of drug-likeness (QED) is 0.753. The number of benzene rings is 2. The van der Waals surface area contributed by atoms with E-state index >= 15 is 0 Å². The number of carbonyl (C=O) groups excluding carboxylic acids is 1. The highest BCUT2D eigenvalue weighted by molar-refractivity contribution is 5.99. The van der Waals surface area contributed by atoms with Crippen molar-refractivity contribution in [3.8, 4) is 0 Å². The Labute approximate surface area is 159 Å². The van der Waals surface area contributed by atoms with Crippen LogP contribution in [0.5, 0.6) is 0 Å². The first kappa shape index (κ1) is 17.8. The van der Waals surface area contributed by atoms with E-state index in [4.69, 9.17) is 9.15 Å². The lowest BCUT2D eigenvalue weighted by Gasteiger charge is -2.32. The highest BCUT2D eigenvalue weighted by Gasteiger charge is 2.29. The van der Waals surface area contributed by atoms with Gasteiger partial charge in [-0.3, -0.25) is 4.79 Å². The summed E-state index contributed by atoms with van der Waals surface area (Å²) in [5, 5.41) is 0.955. The number of fused-ring (bicyclic) bond motifs is 1. The molecule has 2 heterocycles. The van der Waals surface area contributed by atoms with E-state index in [-0.39, 0.29) is 5.91 Å². The molecule has 1 aliphatic rings. The molecule has 27 heavy (non-hydrogen) atoms. The van der Waals surface area contributed by atoms with Crippen LogP contribution in [0.2, 0.25) is 0 Å². The normalized spacial score (nSPS) is 15.4. The molecule has 0 atom stereocenters. The van der Waals surface area contributed by atoms with Gasteiger partial charge in [-0.25, -0.2) is 0 Å². The predicted octanol–water partition coefficient (Wildman–Crippen LogP) is 2.12. The maximum Gasteiger partial charge on any atom is 0.290 e. The fourth-order valence-corrected chi connectivity index (χ4v) is 3.79. The van der Waals surface area contributed by atoms with E-state index in [0.717, 1.165) is 49.3 Å². The van der Waals surface area contributed by atoms with Crippen molar-refractivity contribution in [1.29, 1.82) is 0 Å². The monoisotopic (exact) mass is 365 g/mol. The standard InChI is InChI=1S/C22H24N2O3/c1-26-16-19-18-9-5-6-10-20(18)27-21(19)22(25)24-13-11-23(12-14-24)15-17-7-3-2-4-8-17/h2-10H,11-16H2,1H3/p+1. The lowest BCUT2D eigenvalue weighted by molar-refractivity contribution is -0.917. The van der Waals surface area contributed by atoms with Crippen molar-refractivity contribution in [2.24, 2.45) is 0 Å². The molecule has 0 bridgehead atoms. The number of amides is 1. The van der Waals surface area contributed by atoms with Gasteiger partial charge >= 0.3 is 0 Å². The van der Waals surface area contributed by atoms with Crippen LogP contribution in [0.25, 0.3) is 11.0 Å². The van der Waals surface area contributed by atoms with E-state index in [9.17, 15) is 4.79 Å². The van der Waals surface area contributed by atoms with E-state index in [2.05, 4.69) is 24.3 Å². The van der Waals surface area contributed by atoms with Gasteiger partial charge in [-0.2, -0.15) is 0 Å². The molecule has 1 N–H and O–H groups in total. The molecule has 0 radical (unpaired) electrons. The molecular weight excluding hydrogens is 340 g/mol. The van der Waals surface area contributed by atoms with Crippen molar-refractivity contribution in [3.63, 3.8) is 0 Å². The van der Waals surface area contributed by atoms with Crippen LogP contribution < -0.4 is 4.90 Å². The fraction of sp³-hybridized carbons (Fsp3) is 0.318. The Morgan fingerprint density at radius 1 is 1.07 bits per heavy atom. The van der Waals surface area contributed by atoms with Gasteiger partial charge in [0, 0.05) is 23.6 Å². The van der Waals surface area contributed by atoms with E-state index in [1.165, 1.54) is 10.5 Å². The van der Waals surface area contributed by atoms with Crippen molar-refractivity contribution in [1.82, 2.24) is 4.90 Å². The van der Waals surface area contributed by atoms with Crippen LogP contribution in [-0.2, 0) is 17.9 Å². The minimum absolute atomic E-state index is 0.0305. The second-order valence-corrected chi connectivity index (χ2v) is 7.04. The van der Waals surface area contributed by atoms with Gasteiger partial charge in [-0.1, -0.05) is 48.5 Å². The zero-order valence-corrected chi connectivity index (χ0v) is 15.6. The molecule has 2 aromatic carbocycles. The zero-order chi connectivity index (χ0) is 18.6. The molecule has 4 rings (SSSR count). The second-order valence-electron chi connectivity index (χ2n) is 7.04. The molecule has 0 spiro atoms. The number of methoxy groups -OCH3 is 1. The Hall–Kier alpha value is -2.63. The van der Waals surface area contributed by atoms with Crippen molar-refractivity contribution < 1.29 is 18.8 Å². The Balaban J connectivity index is 1.46. The Kier molecular flexibility index (Phi) is 5.23. The number of para-hydroxylation sites is 1. The Bertz CT molecular complexity index is 912. The molecule has 1 amide bonds. The number of carbonyl (C=O) groups is 1. The molecule has 140 valence electrons. The molecule has 0 aliphatic carbocycles. The van der Waals surface area contributed by atoms with E-state index in [1.54, 1.807) is 7.11 Å². The summed E-state index contributed by atoms with van der Waals surface area (Å²) in [5.74, 6) is 0.390. The van der Waals surface area contributed by atoms with E-state index < -0.39 is 0 Å². The van der Waals surface area contributed by atoms with Crippen molar-refractivity contribution in [2.75, 3.05) is 33.3 Å². The molecule has 5 heteroatoms. The molecule has 0 saturated carbocycles. The van der Waals surface area contributed by atoms with Crippen LogP contribution in [0.3, 0.4) is 0 Å². The first-order chi connectivity index (χ1) is 13.3. The number of quaternary nitrogens is 1. The van der Waals surface area contributed by atoms with E-state index in [1.807, 2.05) is 35.2 Å². The van der Waals surface area contributed by atoms with Gasteiger partial charge in [0.15, 0.2) is 5.76 Å². The topological polar surface area (TPSA) is 47.1 Å². The van der Waals surface area contributed by atoms with E-state index in [0.29, 0.717) is 12.4 Å². The van der Waals surface area contributed by atoms with Gasteiger partial charge in [0.05, 0.1) is 32.8 Å². The maximum absolute atomic E-state index is 13.1. The first-order valence-corrected chi connectivity index (χ1v) is 9.42. The average Bonchev–Trinajstić information content (AvgIpc) is 3.08. The SMILES string of the molecule is COCc1c(C(=O)N2CC[NH+](Cc3ccccc3)CC2)oc2ccccc12. The number of hydrogen-bond donors (Lipinski definition) is 1. The van der Waals surface area contributed by atoms with Crippen molar-refractivity contribution >= 4 is 16.9 Å². The third-order valence-corrected chi connectivity index (χ3v) is 5.24. The molecular formula is C22H25N2O3+. The highest BCUT2D eigenvalue weighted by Crippen LogP contribution is 2.27. The van der Waals surface area contributed by atoms with Gasteiger partial charge in [-0.05, 0) is 6.07 Å². The minimum atomic E-state index is -0.0305. The van der Waals surface area contributed by atoms with Crippen LogP contribution in [0.4, 0.5) is 0 Å². The number of furan rings is 1. The summed E-state index contributed by atoms with van der Waals surface area (Å²) in [6.45, 7) is 4.75. The number of rotatable bonds is 5. The highest BCUT2D eigenvalue weighted by atomic mass is 16.5. The largest absolute Gasteiger partial charge is 0.451 e. The van der Waals surface area contributed by atoms with Crippen LogP contribution in [0.1, 0.15) is 21.7 Å². The summed E-state index contributed by atoms with van der Waals surface area (Å²) in [7, 11) is 1.64. The second kappa shape index (κ2) is 7.94. The lowest BCUT2D eigenvalue weighted by atomic mass is 10.1. The summed E-state index contributed by atoms with van der Waals surface area (Å²) in [6.07, 6.45) is 0. The molecule has 5 nitrogen and oxygen atoms in total. The van der Waals surface area contributed by atoms with Gasteiger partial charge in [0.25, 0.3) is 5.91 Å². The van der Waals surface area contributed by atoms with Gasteiger partial charge in [0.1, 0.15) is 12.1 Å². The zero-order valence-electron chi connectivity index (χ0n) is 15.6. The Morgan fingerprint density at radius 3 is 2.52 bits per heavy atom. The van der Waals surface area contributed by atoms with Crippen molar-refractivity contribution in [2.45, 2.75) is 13.2 Å². The number of nitrogens with zero attached hydrogens (tertiary/aromatic N) is 1. The number of hydrogen-bond acceptors (Lipinski definition) is 3. The minimum Gasteiger partial charge on any atom is -0.451 e. The predicted molar refractivity (Wildman–Crippen MR) is 104 cm³/mol. The van der Waals surface area contributed by atoms with Crippen LogP contribution in [0.15, 0.2) is 59.0 Å². The number of piperazine rings is 1. The third-order valence-electron chi connectivity index (χ3n) is 5.24. The molecule has 1 fully saturated rings. The summed E-state index contributed by atoms with van der Waals surface area (Å²) in [4.78, 5) is 16.5. The summed E-state index contributed by atoms with van der Waals surface area (Å²) in [6, 6.07) is 18.3. The average molecular weight is 365 g/mol. The first-order valence-electron chi connectivity index (χ1n) is 9.42. The Morgan fingerprint density at radius 2 is 1.78 bits per heavy atom. The summed E-state index contributed by atoms with van der Waals surface area (Å²) in [5.41, 5.74) is 2.92. The van der Waals surface area contributed by atoms with Gasteiger partial charge in [-0.15, -0.1) is 0 Å². The maximum atomic E-state index is 13.1.